The van der Waals surface area contributed by atoms with E-state index in [9.17, 15) is 8.42 Å². The summed E-state index contributed by atoms with van der Waals surface area (Å²) < 4.78 is 34.1. The van der Waals surface area contributed by atoms with Crippen LogP contribution in [0.2, 0.25) is 0 Å². The van der Waals surface area contributed by atoms with E-state index in [0.717, 1.165) is 0 Å². The second-order valence-corrected chi connectivity index (χ2v) is 6.57. The molecule has 1 atom stereocenters. The normalized spacial score (nSPS) is 12.7. The van der Waals surface area contributed by atoms with Gasteiger partial charge in [0, 0.05) is 13.7 Å². The van der Waals surface area contributed by atoms with Crippen molar-refractivity contribution in [3.8, 4) is 6.07 Å². The molecule has 1 aromatic heterocycles. The van der Waals surface area contributed by atoms with Gasteiger partial charge in [0.1, 0.15) is 6.33 Å². The summed E-state index contributed by atoms with van der Waals surface area (Å²) in [4.78, 5) is 0.0337. The second-order valence-electron chi connectivity index (χ2n) is 4.86. The van der Waals surface area contributed by atoms with Crippen LogP contribution in [0.15, 0.2) is 35.5 Å². The molecule has 8 nitrogen and oxygen atoms in total. The van der Waals surface area contributed by atoms with E-state index in [1.807, 2.05) is 6.07 Å². The molecular formula is C14H17N5O3S. The van der Waals surface area contributed by atoms with Crippen molar-refractivity contribution >= 4 is 10.0 Å². The van der Waals surface area contributed by atoms with Crippen molar-refractivity contribution < 1.29 is 13.2 Å². The molecule has 1 heterocycles. The number of nitrogens with zero attached hydrogens (tertiary/aromatic N) is 4. The largest absolute Gasteiger partial charge is 0.383 e. The molecule has 1 aromatic carbocycles. The summed E-state index contributed by atoms with van der Waals surface area (Å²) in [7, 11) is -2.19. The van der Waals surface area contributed by atoms with Crippen LogP contribution in [-0.4, -0.2) is 36.9 Å². The molecule has 0 aliphatic carbocycles. The molecule has 122 valence electrons. The zero-order valence-electron chi connectivity index (χ0n) is 12.8. The molecule has 0 amide bonds. The molecule has 2 aromatic rings. The Morgan fingerprint density at radius 1 is 1.48 bits per heavy atom. The van der Waals surface area contributed by atoms with Crippen LogP contribution < -0.4 is 4.72 Å². The molecule has 0 bridgehead atoms. The Labute approximate surface area is 134 Å². The molecule has 0 aliphatic rings. The lowest BCUT2D eigenvalue weighted by molar-refractivity contribution is 0.185. The van der Waals surface area contributed by atoms with Crippen LogP contribution in [-0.2, 0) is 21.3 Å². The fourth-order valence-electron chi connectivity index (χ4n) is 2.05. The van der Waals surface area contributed by atoms with Crippen molar-refractivity contribution in [3.05, 3.63) is 42.0 Å². The fourth-order valence-corrected chi connectivity index (χ4v) is 3.29. The first kappa shape index (κ1) is 17.1. The van der Waals surface area contributed by atoms with Crippen molar-refractivity contribution in [1.29, 1.82) is 5.26 Å². The summed E-state index contributed by atoms with van der Waals surface area (Å²) in [5.74, 6) is 0.488. The van der Waals surface area contributed by atoms with Gasteiger partial charge in [0.25, 0.3) is 0 Å². The third-order valence-electron chi connectivity index (χ3n) is 3.17. The summed E-state index contributed by atoms with van der Waals surface area (Å²) >= 11 is 0. The monoisotopic (exact) mass is 335 g/mol. The van der Waals surface area contributed by atoms with Gasteiger partial charge in [-0.15, -0.1) is 10.2 Å². The maximum atomic E-state index is 12.4. The number of methoxy groups -OCH3 is 1. The van der Waals surface area contributed by atoms with Gasteiger partial charge in [-0.25, -0.2) is 13.1 Å². The quantitative estimate of drug-likeness (QED) is 0.803. The minimum atomic E-state index is -3.77. The van der Waals surface area contributed by atoms with Crippen LogP contribution in [0.3, 0.4) is 0 Å². The van der Waals surface area contributed by atoms with Gasteiger partial charge in [0.2, 0.25) is 10.0 Å². The first-order chi connectivity index (χ1) is 11.0. The van der Waals surface area contributed by atoms with Gasteiger partial charge in [0.05, 0.1) is 29.2 Å². The van der Waals surface area contributed by atoms with E-state index >= 15 is 0 Å². The first-order valence-electron chi connectivity index (χ1n) is 6.87. The highest BCUT2D eigenvalue weighted by atomic mass is 32.2. The topological polar surface area (TPSA) is 110 Å². The summed E-state index contributed by atoms with van der Waals surface area (Å²) in [6.07, 6.45) is 1.52. The van der Waals surface area contributed by atoms with E-state index < -0.39 is 16.1 Å². The van der Waals surface area contributed by atoms with Crippen LogP contribution >= 0.6 is 0 Å². The van der Waals surface area contributed by atoms with Crippen LogP contribution in [0.1, 0.15) is 24.4 Å². The van der Waals surface area contributed by atoms with E-state index in [0.29, 0.717) is 19.0 Å². The molecular weight excluding hydrogens is 318 g/mol. The third-order valence-corrected chi connectivity index (χ3v) is 4.71. The van der Waals surface area contributed by atoms with E-state index in [2.05, 4.69) is 14.9 Å². The molecule has 1 N–H and O–H groups in total. The summed E-state index contributed by atoms with van der Waals surface area (Å²) in [5, 5.41) is 16.6. The van der Waals surface area contributed by atoms with Crippen molar-refractivity contribution in [2.24, 2.45) is 0 Å². The van der Waals surface area contributed by atoms with Crippen molar-refractivity contribution in [2.75, 3.05) is 13.7 Å². The molecule has 0 fully saturated rings. The van der Waals surface area contributed by atoms with Crippen molar-refractivity contribution in [1.82, 2.24) is 19.5 Å². The minimum absolute atomic E-state index is 0.0337. The zero-order valence-corrected chi connectivity index (χ0v) is 13.6. The first-order valence-corrected chi connectivity index (χ1v) is 8.35. The standard InChI is InChI=1S/C14H17N5O3S/c1-11(14-17-16-10-19(14)6-7-22-2)18-23(20,21)13-5-3-4-12(8-13)9-15/h3-5,8,10-11,18H,6-7H2,1-2H3. The number of nitrogens with one attached hydrogen (secondary N) is 1. The molecule has 0 saturated heterocycles. The van der Waals surface area contributed by atoms with E-state index in [4.69, 9.17) is 10.00 Å². The van der Waals surface area contributed by atoms with Gasteiger partial charge in [-0.05, 0) is 25.1 Å². The lowest BCUT2D eigenvalue weighted by atomic mass is 10.2. The van der Waals surface area contributed by atoms with E-state index in [1.165, 1.54) is 24.5 Å². The molecule has 0 radical (unpaired) electrons. The number of sulfonamides is 1. The third kappa shape index (κ3) is 4.13. The van der Waals surface area contributed by atoms with E-state index in [-0.39, 0.29) is 10.5 Å². The van der Waals surface area contributed by atoms with E-state index in [1.54, 1.807) is 24.7 Å². The highest BCUT2D eigenvalue weighted by Gasteiger charge is 2.22. The molecule has 0 spiro atoms. The van der Waals surface area contributed by atoms with Crippen molar-refractivity contribution in [2.45, 2.75) is 24.4 Å². The number of hydrogen-bond donors (Lipinski definition) is 1. The Balaban J connectivity index is 2.20. The Hall–Kier alpha value is -2.28. The maximum Gasteiger partial charge on any atom is 0.241 e. The Morgan fingerprint density at radius 2 is 2.26 bits per heavy atom. The minimum Gasteiger partial charge on any atom is -0.383 e. The Morgan fingerprint density at radius 3 is 2.96 bits per heavy atom. The summed E-state index contributed by atoms with van der Waals surface area (Å²) in [5.41, 5.74) is 0.281. The molecule has 2 rings (SSSR count). The average molecular weight is 335 g/mol. The molecule has 23 heavy (non-hydrogen) atoms. The number of hydrogen-bond acceptors (Lipinski definition) is 6. The van der Waals surface area contributed by atoms with Crippen LogP contribution in [0.25, 0.3) is 0 Å². The Kier molecular flexibility index (Phi) is 5.44. The SMILES string of the molecule is COCCn1cnnc1C(C)NS(=O)(=O)c1cccc(C#N)c1. The van der Waals surface area contributed by atoms with Gasteiger partial charge >= 0.3 is 0 Å². The highest BCUT2D eigenvalue weighted by molar-refractivity contribution is 7.89. The highest BCUT2D eigenvalue weighted by Crippen LogP contribution is 2.16. The lowest BCUT2D eigenvalue weighted by Crippen LogP contribution is -2.29. The number of benzene rings is 1. The molecule has 1 unspecified atom stereocenters. The Bertz CT molecular complexity index is 810. The number of rotatable bonds is 7. The van der Waals surface area contributed by atoms with Crippen LogP contribution in [0, 0.1) is 11.3 Å². The zero-order chi connectivity index (χ0) is 16.9. The summed E-state index contributed by atoms with van der Waals surface area (Å²) in [6, 6.07) is 7.17. The molecule has 0 saturated carbocycles. The number of aromatic nitrogens is 3. The molecule has 9 heteroatoms. The van der Waals surface area contributed by atoms with Crippen LogP contribution in [0.4, 0.5) is 0 Å². The van der Waals surface area contributed by atoms with Gasteiger partial charge in [-0.3, -0.25) is 0 Å². The van der Waals surface area contributed by atoms with Gasteiger partial charge in [-0.1, -0.05) is 6.07 Å². The lowest BCUT2D eigenvalue weighted by Gasteiger charge is -2.15. The fraction of sp³-hybridized carbons (Fsp3) is 0.357. The van der Waals surface area contributed by atoms with Gasteiger partial charge in [0.15, 0.2) is 5.82 Å². The predicted octanol–water partition coefficient (Wildman–Crippen LogP) is 0.836. The van der Waals surface area contributed by atoms with Crippen molar-refractivity contribution in [3.63, 3.8) is 0 Å². The summed E-state index contributed by atoms with van der Waals surface area (Å²) in [6.45, 7) is 2.67. The van der Waals surface area contributed by atoms with Crippen LogP contribution in [0.5, 0.6) is 0 Å². The van der Waals surface area contributed by atoms with Gasteiger partial charge < -0.3 is 9.30 Å². The number of ether oxygens (including phenoxy) is 1. The second kappa shape index (κ2) is 7.32. The molecule has 0 aliphatic heterocycles. The predicted molar refractivity (Wildman–Crippen MR) is 81.8 cm³/mol. The maximum absolute atomic E-state index is 12.4. The smallest absolute Gasteiger partial charge is 0.241 e. The average Bonchev–Trinajstić information content (AvgIpc) is 3.01. The van der Waals surface area contributed by atoms with Gasteiger partial charge in [-0.2, -0.15) is 5.26 Å². The number of nitriles is 1.